The third kappa shape index (κ3) is 5.22. The number of nitrogens with zero attached hydrogens (tertiary/aromatic N) is 1. The Kier molecular flexibility index (Phi) is 6.91. The molecular formula is C13H21F2N3S. The first kappa shape index (κ1) is 16.0. The zero-order valence-corrected chi connectivity index (χ0v) is 12.4. The summed E-state index contributed by atoms with van der Waals surface area (Å²) in [5, 5.41) is 5.83. The fraction of sp³-hybridized carbons (Fsp3) is 0.615. The highest BCUT2D eigenvalue weighted by Gasteiger charge is 2.13. The first-order chi connectivity index (χ1) is 9.08. The Balaban J connectivity index is 2.76. The topological polar surface area (TPSA) is 37.0 Å². The maximum Gasteiger partial charge on any atom is 0.168 e. The molecule has 19 heavy (non-hydrogen) atoms. The Bertz CT molecular complexity index is 402. The third-order valence-corrected chi connectivity index (χ3v) is 3.25. The van der Waals surface area contributed by atoms with Crippen LogP contribution in [0.3, 0.4) is 0 Å². The van der Waals surface area contributed by atoms with Crippen LogP contribution in [-0.2, 0) is 0 Å². The van der Waals surface area contributed by atoms with E-state index in [0.717, 1.165) is 24.7 Å². The maximum atomic E-state index is 13.6. The summed E-state index contributed by atoms with van der Waals surface area (Å²) in [5.74, 6) is -0.127. The summed E-state index contributed by atoms with van der Waals surface area (Å²) in [7, 11) is 0. The zero-order valence-electron chi connectivity index (χ0n) is 11.6. The van der Waals surface area contributed by atoms with Crippen molar-refractivity contribution in [1.82, 2.24) is 4.98 Å². The van der Waals surface area contributed by atoms with Gasteiger partial charge in [-0.05, 0) is 31.8 Å². The fourth-order valence-corrected chi connectivity index (χ4v) is 2.12. The van der Waals surface area contributed by atoms with Crippen LogP contribution in [0.5, 0.6) is 0 Å². The number of aromatic nitrogens is 1. The molecule has 3 nitrogen and oxygen atoms in total. The molecule has 0 bridgehead atoms. The van der Waals surface area contributed by atoms with Gasteiger partial charge in [0, 0.05) is 18.7 Å². The van der Waals surface area contributed by atoms with Gasteiger partial charge in [-0.3, -0.25) is 0 Å². The van der Waals surface area contributed by atoms with Gasteiger partial charge in [0.05, 0.1) is 0 Å². The molecule has 1 unspecified atom stereocenters. The second-order valence-electron chi connectivity index (χ2n) is 4.40. The Morgan fingerprint density at radius 1 is 1.32 bits per heavy atom. The second-order valence-corrected chi connectivity index (χ2v) is 5.39. The summed E-state index contributed by atoms with van der Waals surface area (Å²) in [6, 6.07) is 0.966. The van der Waals surface area contributed by atoms with Gasteiger partial charge in [0.15, 0.2) is 23.3 Å². The quantitative estimate of drug-likeness (QED) is 0.764. The summed E-state index contributed by atoms with van der Waals surface area (Å²) in [4.78, 5) is 3.98. The van der Waals surface area contributed by atoms with Crippen LogP contribution >= 0.6 is 11.8 Å². The van der Waals surface area contributed by atoms with Crippen molar-refractivity contribution >= 4 is 23.4 Å². The van der Waals surface area contributed by atoms with E-state index in [0.29, 0.717) is 6.54 Å². The summed E-state index contributed by atoms with van der Waals surface area (Å²) < 4.78 is 27.1. The standard InChI is InChI=1S/C13H21F2N3S/c1-4-6-16-12-10(14)8-11(15)13(18-12)17-9(2)5-7-19-3/h8-9H,4-7H2,1-3H3,(H2,16,17,18). The van der Waals surface area contributed by atoms with Crippen LogP contribution in [0.1, 0.15) is 26.7 Å². The molecule has 6 heteroatoms. The predicted molar refractivity (Wildman–Crippen MR) is 79.0 cm³/mol. The van der Waals surface area contributed by atoms with Crippen molar-refractivity contribution in [2.45, 2.75) is 32.7 Å². The monoisotopic (exact) mass is 289 g/mol. The van der Waals surface area contributed by atoms with Crippen LogP contribution in [0.25, 0.3) is 0 Å². The average molecular weight is 289 g/mol. The number of halogens is 2. The molecule has 1 atom stereocenters. The number of thioether (sulfide) groups is 1. The summed E-state index contributed by atoms with van der Waals surface area (Å²) in [6.45, 7) is 4.54. The minimum Gasteiger partial charge on any atom is -0.368 e. The summed E-state index contributed by atoms with van der Waals surface area (Å²) >= 11 is 1.73. The molecule has 0 aliphatic heterocycles. The molecule has 0 spiro atoms. The number of hydrogen-bond donors (Lipinski definition) is 2. The molecule has 0 aliphatic rings. The SMILES string of the molecule is CCCNc1nc(NC(C)CCSC)c(F)cc1F. The van der Waals surface area contributed by atoms with Gasteiger partial charge in [0.25, 0.3) is 0 Å². The molecule has 0 saturated heterocycles. The summed E-state index contributed by atoms with van der Waals surface area (Å²) in [6.07, 6.45) is 3.78. The van der Waals surface area contributed by atoms with E-state index in [1.165, 1.54) is 0 Å². The molecule has 0 aliphatic carbocycles. The van der Waals surface area contributed by atoms with Gasteiger partial charge in [-0.25, -0.2) is 13.8 Å². The van der Waals surface area contributed by atoms with Gasteiger partial charge in [0.1, 0.15) is 0 Å². The van der Waals surface area contributed by atoms with E-state index < -0.39 is 11.6 Å². The highest BCUT2D eigenvalue weighted by Crippen LogP contribution is 2.20. The van der Waals surface area contributed by atoms with Gasteiger partial charge in [-0.1, -0.05) is 6.92 Å². The Morgan fingerprint density at radius 3 is 2.63 bits per heavy atom. The molecule has 0 amide bonds. The van der Waals surface area contributed by atoms with Gasteiger partial charge < -0.3 is 10.6 Å². The van der Waals surface area contributed by atoms with E-state index in [9.17, 15) is 8.78 Å². The molecular weight excluding hydrogens is 268 g/mol. The minimum atomic E-state index is -0.659. The minimum absolute atomic E-state index is 0.0962. The zero-order chi connectivity index (χ0) is 14.3. The number of anilines is 2. The van der Waals surface area contributed by atoms with E-state index in [-0.39, 0.29) is 17.7 Å². The van der Waals surface area contributed by atoms with E-state index in [1.54, 1.807) is 11.8 Å². The van der Waals surface area contributed by atoms with E-state index >= 15 is 0 Å². The second kappa shape index (κ2) is 8.19. The fourth-order valence-electron chi connectivity index (χ4n) is 1.54. The smallest absolute Gasteiger partial charge is 0.168 e. The molecule has 1 rings (SSSR count). The molecule has 0 aromatic carbocycles. The molecule has 0 saturated carbocycles. The average Bonchev–Trinajstić information content (AvgIpc) is 2.38. The van der Waals surface area contributed by atoms with Gasteiger partial charge in [0.2, 0.25) is 0 Å². The number of pyridine rings is 1. The number of nitrogens with one attached hydrogen (secondary N) is 2. The van der Waals surface area contributed by atoms with E-state index in [1.807, 2.05) is 20.1 Å². The maximum absolute atomic E-state index is 13.6. The Hall–Kier alpha value is -1.04. The van der Waals surface area contributed by atoms with Crippen molar-refractivity contribution in [2.75, 3.05) is 29.2 Å². The van der Waals surface area contributed by atoms with Gasteiger partial charge >= 0.3 is 0 Å². The molecule has 1 heterocycles. The van der Waals surface area contributed by atoms with Crippen molar-refractivity contribution in [3.8, 4) is 0 Å². The first-order valence-electron chi connectivity index (χ1n) is 6.43. The van der Waals surface area contributed by atoms with Crippen LogP contribution < -0.4 is 10.6 Å². The van der Waals surface area contributed by atoms with Crippen molar-refractivity contribution in [3.05, 3.63) is 17.7 Å². The van der Waals surface area contributed by atoms with Crippen LogP contribution in [0.4, 0.5) is 20.4 Å². The largest absolute Gasteiger partial charge is 0.368 e. The Morgan fingerprint density at radius 2 is 2.00 bits per heavy atom. The van der Waals surface area contributed by atoms with Crippen molar-refractivity contribution in [2.24, 2.45) is 0 Å². The number of hydrogen-bond acceptors (Lipinski definition) is 4. The normalized spacial score (nSPS) is 12.3. The Labute approximate surface area is 117 Å². The predicted octanol–water partition coefficient (Wildman–Crippen LogP) is 3.74. The van der Waals surface area contributed by atoms with Gasteiger partial charge in [-0.2, -0.15) is 11.8 Å². The highest BCUT2D eigenvalue weighted by atomic mass is 32.2. The van der Waals surface area contributed by atoms with Crippen molar-refractivity contribution < 1.29 is 8.78 Å². The first-order valence-corrected chi connectivity index (χ1v) is 7.83. The van der Waals surface area contributed by atoms with Crippen LogP contribution in [0.2, 0.25) is 0 Å². The van der Waals surface area contributed by atoms with Crippen LogP contribution in [0, 0.1) is 11.6 Å². The van der Waals surface area contributed by atoms with Gasteiger partial charge in [-0.15, -0.1) is 0 Å². The lowest BCUT2D eigenvalue weighted by atomic mass is 10.2. The van der Waals surface area contributed by atoms with E-state index in [4.69, 9.17) is 0 Å². The lowest BCUT2D eigenvalue weighted by molar-refractivity contribution is 0.575. The van der Waals surface area contributed by atoms with Crippen molar-refractivity contribution in [3.63, 3.8) is 0 Å². The van der Waals surface area contributed by atoms with Crippen LogP contribution in [0.15, 0.2) is 6.07 Å². The molecule has 1 aromatic rings. The molecule has 1 aromatic heterocycles. The number of rotatable bonds is 8. The third-order valence-electron chi connectivity index (χ3n) is 2.61. The highest BCUT2D eigenvalue weighted by molar-refractivity contribution is 7.98. The molecule has 2 N–H and O–H groups in total. The molecule has 0 fully saturated rings. The molecule has 0 radical (unpaired) electrons. The van der Waals surface area contributed by atoms with Crippen LogP contribution in [-0.4, -0.2) is 29.6 Å². The lowest BCUT2D eigenvalue weighted by Gasteiger charge is -2.16. The van der Waals surface area contributed by atoms with Crippen molar-refractivity contribution in [1.29, 1.82) is 0 Å². The molecule has 108 valence electrons. The van der Waals surface area contributed by atoms with E-state index in [2.05, 4.69) is 15.6 Å². The summed E-state index contributed by atoms with van der Waals surface area (Å²) in [5.41, 5.74) is 0. The lowest BCUT2D eigenvalue weighted by Crippen LogP contribution is -2.19.